The highest BCUT2D eigenvalue weighted by molar-refractivity contribution is 6.05. The molecule has 1 saturated heterocycles. The average molecular weight is 528 g/mol. The Labute approximate surface area is 226 Å². The molecule has 1 aromatic rings. The Morgan fingerprint density at radius 2 is 1.84 bits per heavy atom. The number of benzene rings is 1. The molecule has 0 bridgehead atoms. The van der Waals surface area contributed by atoms with Gasteiger partial charge in [-0.05, 0) is 103 Å². The summed E-state index contributed by atoms with van der Waals surface area (Å²) in [5.74, 6) is -0.597. The number of aliphatic imine (C=N–C) groups is 1. The van der Waals surface area contributed by atoms with E-state index in [0.717, 1.165) is 35.9 Å². The molecular formula is C31H43F2N3O2. The quantitative estimate of drug-likeness (QED) is 0.248. The normalized spacial score (nSPS) is 19.8. The molecular weight excluding hydrogens is 484 g/mol. The van der Waals surface area contributed by atoms with E-state index in [1.807, 2.05) is 25.7 Å². The SMILES string of the molecule is C=CN=C(CCCc1cc(F)cc(F)c1)C(/C(=C\C)C1CC1)=C(\C)N1CCN(C(=O)OC(C)(C)C)[C@@H](C)C1. The van der Waals surface area contributed by atoms with Crippen LogP contribution in [-0.2, 0) is 11.2 Å². The fraction of sp³-hybridized carbons (Fsp3) is 0.548. The highest BCUT2D eigenvalue weighted by Gasteiger charge is 2.34. The van der Waals surface area contributed by atoms with Crippen LogP contribution >= 0.6 is 0 Å². The summed E-state index contributed by atoms with van der Waals surface area (Å²) in [7, 11) is 0. The van der Waals surface area contributed by atoms with Gasteiger partial charge in [0.25, 0.3) is 0 Å². The number of amides is 1. The largest absolute Gasteiger partial charge is 0.444 e. The second kappa shape index (κ2) is 12.7. The number of carbonyl (C=O) groups is 1. The minimum Gasteiger partial charge on any atom is -0.444 e. The van der Waals surface area contributed by atoms with Crippen molar-refractivity contribution in [3.8, 4) is 0 Å². The van der Waals surface area contributed by atoms with Crippen molar-refractivity contribution < 1.29 is 18.3 Å². The molecule has 208 valence electrons. The molecule has 0 spiro atoms. The van der Waals surface area contributed by atoms with Crippen LogP contribution in [0.5, 0.6) is 0 Å². The molecule has 38 heavy (non-hydrogen) atoms. The van der Waals surface area contributed by atoms with Crippen LogP contribution < -0.4 is 0 Å². The standard InChI is InChI=1S/C31H43F2N3O2/c1-8-27(24-13-14-24)29(28(34-9-2)12-10-11-23-17-25(32)19-26(33)18-23)22(4)35-15-16-36(21(3)20-35)30(37)38-31(5,6)7/h8-9,17-19,21,24H,2,10-16,20H2,1,3-7H3/b27-8-,29-22+,34-28?/t21-/m0/s1. The molecule has 0 unspecified atom stereocenters. The fourth-order valence-corrected chi connectivity index (χ4v) is 5.15. The molecule has 0 aromatic heterocycles. The van der Waals surface area contributed by atoms with Gasteiger partial charge in [-0.2, -0.15) is 0 Å². The maximum Gasteiger partial charge on any atom is 0.410 e. The topological polar surface area (TPSA) is 45.1 Å². The van der Waals surface area contributed by atoms with Gasteiger partial charge < -0.3 is 14.5 Å². The molecule has 1 aromatic carbocycles. The number of hydrogen-bond donors (Lipinski definition) is 0. The monoisotopic (exact) mass is 527 g/mol. The minimum atomic E-state index is -0.555. The first-order valence-electron chi connectivity index (χ1n) is 13.7. The molecule has 1 saturated carbocycles. The van der Waals surface area contributed by atoms with Gasteiger partial charge in [-0.3, -0.25) is 4.99 Å². The maximum absolute atomic E-state index is 13.7. The number of allylic oxidation sites excluding steroid dienone is 4. The van der Waals surface area contributed by atoms with Crippen LogP contribution in [0.25, 0.3) is 0 Å². The summed E-state index contributed by atoms with van der Waals surface area (Å²) in [6.07, 6.45) is 7.72. The van der Waals surface area contributed by atoms with E-state index in [-0.39, 0.29) is 12.1 Å². The molecule has 1 atom stereocenters. The molecule has 0 radical (unpaired) electrons. The maximum atomic E-state index is 13.7. The molecule has 1 amide bonds. The fourth-order valence-electron chi connectivity index (χ4n) is 5.15. The Balaban J connectivity index is 1.83. The van der Waals surface area contributed by atoms with Gasteiger partial charge in [-0.25, -0.2) is 13.6 Å². The summed E-state index contributed by atoms with van der Waals surface area (Å²) >= 11 is 0. The van der Waals surface area contributed by atoms with Gasteiger partial charge in [0.05, 0.1) is 0 Å². The molecule has 2 fully saturated rings. The summed E-state index contributed by atoms with van der Waals surface area (Å²) in [5.41, 5.74) is 4.62. The molecule has 3 rings (SSSR count). The Morgan fingerprint density at radius 1 is 1.18 bits per heavy atom. The number of halogens is 2. The van der Waals surface area contributed by atoms with Crippen molar-refractivity contribution in [3.63, 3.8) is 0 Å². The lowest BCUT2D eigenvalue weighted by Crippen LogP contribution is -2.54. The second-order valence-electron chi connectivity index (χ2n) is 11.3. The summed E-state index contributed by atoms with van der Waals surface area (Å²) < 4.78 is 33.0. The highest BCUT2D eigenvalue weighted by Crippen LogP contribution is 2.42. The predicted molar refractivity (Wildman–Crippen MR) is 150 cm³/mol. The number of carbonyl (C=O) groups excluding carboxylic acids is 1. The number of nitrogens with zero attached hydrogens (tertiary/aromatic N) is 3. The van der Waals surface area contributed by atoms with E-state index in [0.29, 0.717) is 50.4 Å². The first-order valence-corrected chi connectivity index (χ1v) is 13.7. The third kappa shape index (κ3) is 8.02. The van der Waals surface area contributed by atoms with Gasteiger partial charge in [-0.15, -0.1) is 0 Å². The molecule has 1 heterocycles. The lowest BCUT2D eigenvalue weighted by Gasteiger charge is -2.42. The molecule has 0 N–H and O–H groups in total. The van der Waals surface area contributed by atoms with Crippen molar-refractivity contribution >= 4 is 11.8 Å². The average Bonchev–Trinajstić information content (AvgIpc) is 3.65. The Hall–Kier alpha value is -2.96. The predicted octanol–water partition coefficient (Wildman–Crippen LogP) is 7.44. The van der Waals surface area contributed by atoms with Crippen molar-refractivity contribution in [1.82, 2.24) is 9.80 Å². The highest BCUT2D eigenvalue weighted by atomic mass is 19.1. The zero-order chi connectivity index (χ0) is 28.0. The van der Waals surface area contributed by atoms with Crippen LogP contribution in [0.15, 0.2) is 58.9 Å². The Kier molecular flexibility index (Phi) is 9.91. The number of piperazine rings is 1. The van der Waals surface area contributed by atoms with E-state index < -0.39 is 17.2 Å². The van der Waals surface area contributed by atoms with Gasteiger partial charge in [0, 0.05) is 54.9 Å². The first kappa shape index (κ1) is 29.6. The summed E-state index contributed by atoms with van der Waals surface area (Å²) in [6.45, 7) is 17.7. The van der Waals surface area contributed by atoms with Gasteiger partial charge in [0.2, 0.25) is 0 Å². The summed E-state index contributed by atoms with van der Waals surface area (Å²) in [6, 6.07) is 3.67. The van der Waals surface area contributed by atoms with Crippen LogP contribution in [0.1, 0.15) is 72.8 Å². The second-order valence-corrected chi connectivity index (χ2v) is 11.3. The van der Waals surface area contributed by atoms with E-state index in [1.54, 1.807) is 6.20 Å². The van der Waals surface area contributed by atoms with Gasteiger partial charge >= 0.3 is 6.09 Å². The van der Waals surface area contributed by atoms with Crippen LogP contribution in [-0.4, -0.2) is 52.9 Å². The Morgan fingerprint density at radius 3 is 2.37 bits per heavy atom. The van der Waals surface area contributed by atoms with E-state index in [4.69, 9.17) is 9.73 Å². The molecule has 1 aliphatic heterocycles. The van der Waals surface area contributed by atoms with E-state index >= 15 is 0 Å². The number of hydrogen-bond acceptors (Lipinski definition) is 4. The zero-order valence-electron chi connectivity index (χ0n) is 23.8. The van der Waals surface area contributed by atoms with Crippen molar-refractivity contribution in [3.05, 3.63) is 71.1 Å². The smallest absolute Gasteiger partial charge is 0.410 e. The lowest BCUT2D eigenvalue weighted by molar-refractivity contribution is 0.00494. The van der Waals surface area contributed by atoms with Crippen molar-refractivity contribution in [2.45, 2.75) is 85.3 Å². The van der Waals surface area contributed by atoms with Gasteiger partial charge in [0.15, 0.2) is 0 Å². The molecule has 5 nitrogen and oxygen atoms in total. The van der Waals surface area contributed by atoms with E-state index in [1.165, 1.54) is 17.7 Å². The van der Waals surface area contributed by atoms with Crippen molar-refractivity contribution in [1.29, 1.82) is 0 Å². The minimum absolute atomic E-state index is 0.00699. The van der Waals surface area contributed by atoms with E-state index in [9.17, 15) is 13.6 Å². The summed E-state index contributed by atoms with van der Waals surface area (Å²) in [4.78, 5) is 21.6. The lowest BCUT2D eigenvalue weighted by atomic mass is 9.91. The van der Waals surface area contributed by atoms with Crippen molar-refractivity contribution in [2.24, 2.45) is 10.9 Å². The van der Waals surface area contributed by atoms with Crippen LogP contribution in [0, 0.1) is 17.6 Å². The molecule has 7 heteroatoms. The molecule has 2 aliphatic rings. The first-order chi connectivity index (χ1) is 17.9. The van der Waals surface area contributed by atoms with Gasteiger partial charge in [0.1, 0.15) is 17.2 Å². The third-order valence-corrected chi connectivity index (χ3v) is 7.05. The van der Waals surface area contributed by atoms with Gasteiger partial charge in [-0.1, -0.05) is 12.7 Å². The van der Waals surface area contributed by atoms with Crippen molar-refractivity contribution in [2.75, 3.05) is 19.6 Å². The Bertz CT molecular complexity index is 1090. The zero-order valence-corrected chi connectivity index (χ0v) is 23.8. The van der Waals surface area contributed by atoms with Crippen LogP contribution in [0.4, 0.5) is 13.6 Å². The number of aryl methyl sites for hydroxylation is 1. The third-order valence-electron chi connectivity index (χ3n) is 7.05. The molecule has 1 aliphatic carbocycles. The van der Waals surface area contributed by atoms with Crippen LogP contribution in [0.2, 0.25) is 0 Å². The van der Waals surface area contributed by atoms with Crippen LogP contribution in [0.3, 0.4) is 0 Å². The summed E-state index contributed by atoms with van der Waals surface area (Å²) in [5, 5.41) is 0. The number of rotatable bonds is 9. The number of ether oxygens (including phenoxy) is 1. The van der Waals surface area contributed by atoms with E-state index in [2.05, 4.69) is 38.3 Å².